The molecule has 1 aromatic heterocycles. The van der Waals surface area contributed by atoms with Gasteiger partial charge in [-0.25, -0.2) is 0 Å². The Bertz CT molecular complexity index is 144. The predicted octanol–water partition coefficient (Wildman–Crippen LogP) is 2.22. The maximum absolute atomic E-state index is 8.64. The van der Waals surface area contributed by atoms with E-state index in [-0.39, 0.29) is 0 Å². The smallest absolute Gasteiger partial charge is 0.172 e. The van der Waals surface area contributed by atoms with Crippen molar-refractivity contribution in [3.05, 3.63) is 15.9 Å². The minimum atomic E-state index is 0.354. The summed E-state index contributed by atoms with van der Waals surface area (Å²) in [5.74, 6) is 0. The van der Waals surface area contributed by atoms with E-state index in [1.165, 1.54) is 11.3 Å². The van der Waals surface area contributed by atoms with Crippen LogP contribution in [0.3, 0.4) is 0 Å². The number of halogens is 1. The molecule has 0 aromatic carbocycles. The molecule has 0 atom stereocenters. The summed E-state index contributed by atoms with van der Waals surface area (Å²) >= 11 is 4.50. The molecule has 1 rings (SSSR count). The van der Waals surface area contributed by atoms with Gasteiger partial charge in [0.15, 0.2) is 5.06 Å². The summed E-state index contributed by atoms with van der Waals surface area (Å²) < 4.78 is 0.940. The van der Waals surface area contributed by atoms with Gasteiger partial charge < -0.3 is 5.11 Å². The standard InChI is InChI=1S/C4H3BrOS/c5-3-1-4(6)7-2-3/h1-2,6H. The van der Waals surface area contributed by atoms with Gasteiger partial charge in [0.1, 0.15) is 0 Å². The zero-order valence-corrected chi connectivity index (χ0v) is 5.79. The summed E-state index contributed by atoms with van der Waals surface area (Å²) in [7, 11) is 0. The molecule has 1 aromatic rings. The molecule has 0 aliphatic heterocycles. The molecule has 7 heavy (non-hydrogen) atoms. The van der Waals surface area contributed by atoms with Crippen LogP contribution in [0.1, 0.15) is 0 Å². The Morgan fingerprint density at radius 1 is 1.71 bits per heavy atom. The topological polar surface area (TPSA) is 20.2 Å². The quantitative estimate of drug-likeness (QED) is 0.647. The molecule has 1 nitrogen and oxygen atoms in total. The van der Waals surface area contributed by atoms with E-state index in [1.807, 2.05) is 5.38 Å². The number of thiophene rings is 1. The molecule has 38 valence electrons. The van der Waals surface area contributed by atoms with E-state index in [4.69, 9.17) is 5.11 Å². The monoisotopic (exact) mass is 178 g/mol. The lowest BCUT2D eigenvalue weighted by atomic mass is 10.7. The fourth-order valence-corrected chi connectivity index (χ4v) is 1.45. The van der Waals surface area contributed by atoms with E-state index in [9.17, 15) is 0 Å². The summed E-state index contributed by atoms with van der Waals surface area (Å²) in [4.78, 5) is 0. The third-order valence-electron chi connectivity index (χ3n) is 0.554. The van der Waals surface area contributed by atoms with E-state index in [2.05, 4.69) is 15.9 Å². The van der Waals surface area contributed by atoms with Crippen LogP contribution in [0.15, 0.2) is 15.9 Å². The summed E-state index contributed by atoms with van der Waals surface area (Å²) in [6, 6.07) is 1.66. The van der Waals surface area contributed by atoms with Crippen molar-refractivity contribution in [2.24, 2.45) is 0 Å². The van der Waals surface area contributed by atoms with Crippen LogP contribution < -0.4 is 0 Å². The molecule has 0 aliphatic carbocycles. The molecule has 0 unspecified atom stereocenters. The van der Waals surface area contributed by atoms with Gasteiger partial charge >= 0.3 is 0 Å². The fraction of sp³-hybridized carbons (Fsp3) is 0. The first-order valence-electron chi connectivity index (χ1n) is 1.72. The number of hydrogen-bond donors (Lipinski definition) is 1. The van der Waals surface area contributed by atoms with Crippen molar-refractivity contribution in [1.82, 2.24) is 0 Å². The largest absolute Gasteiger partial charge is 0.499 e. The minimum Gasteiger partial charge on any atom is -0.499 e. The summed E-state index contributed by atoms with van der Waals surface area (Å²) in [5, 5.41) is 10.8. The maximum atomic E-state index is 8.64. The Kier molecular flexibility index (Phi) is 1.35. The molecular weight excluding hydrogens is 176 g/mol. The SMILES string of the molecule is Oc1cc(Br)cs1. The normalized spacial score (nSPS) is 9.29. The van der Waals surface area contributed by atoms with Crippen LogP contribution >= 0.6 is 27.3 Å². The van der Waals surface area contributed by atoms with Crippen LogP contribution in [0.25, 0.3) is 0 Å². The first-order valence-corrected chi connectivity index (χ1v) is 3.39. The molecule has 0 bridgehead atoms. The molecule has 0 spiro atoms. The second-order valence-electron chi connectivity index (χ2n) is 1.10. The van der Waals surface area contributed by atoms with Crippen LogP contribution in [0.2, 0.25) is 0 Å². The van der Waals surface area contributed by atoms with E-state index in [0.717, 1.165) is 4.47 Å². The van der Waals surface area contributed by atoms with Gasteiger partial charge in [0.2, 0.25) is 0 Å². The van der Waals surface area contributed by atoms with Crippen molar-refractivity contribution in [2.45, 2.75) is 0 Å². The highest BCUT2D eigenvalue weighted by atomic mass is 79.9. The van der Waals surface area contributed by atoms with Crippen LogP contribution in [0.5, 0.6) is 5.06 Å². The third kappa shape index (κ3) is 1.17. The Hall–Kier alpha value is -0.0200. The van der Waals surface area contributed by atoms with E-state index >= 15 is 0 Å². The molecule has 3 heteroatoms. The zero-order chi connectivity index (χ0) is 5.28. The van der Waals surface area contributed by atoms with Gasteiger partial charge in [0.25, 0.3) is 0 Å². The zero-order valence-electron chi connectivity index (χ0n) is 3.39. The predicted molar refractivity (Wildman–Crippen MR) is 33.7 cm³/mol. The Morgan fingerprint density at radius 2 is 2.43 bits per heavy atom. The molecule has 0 saturated heterocycles. The Morgan fingerprint density at radius 3 is 2.57 bits per heavy atom. The Balaban J connectivity index is 3.04. The van der Waals surface area contributed by atoms with Gasteiger partial charge in [-0.15, -0.1) is 11.3 Å². The number of rotatable bonds is 0. The molecule has 1 N–H and O–H groups in total. The highest BCUT2D eigenvalue weighted by Crippen LogP contribution is 2.24. The van der Waals surface area contributed by atoms with Gasteiger partial charge in [0, 0.05) is 15.9 Å². The van der Waals surface area contributed by atoms with Crippen LogP contribution in [-0.2, 0) is 0 Å². The van der Waals surface area contributed by atoms with Crippen molar-refractivity contribution in [3.8, 4) is 5.06 Å². The van der Waals surface area contributed by atoms with Crippen LogP contribution in [-0.4, -0.2) is 5.11 Å². The molecule has 0 amide bonds. The van der Waals surface area contributed by atoms with E-state index < -0.39 is 0 Å². The van der Waals surface area contributed by atoms with Gasteiger partial charge in [-0.1, -0.05) is 0 Å². The first kappa shape index (κ1) is 5.12. The highest BCUT2D eigenvalue weighted by molar-refractivity contribution is 9.10. The molecule has 0 saturated carbocycles. The molecule has 1 heterocycles. The van der Waals surface area contributed by atoms with Crippen molar-refractivity contribution in [1.29, 1.82) is 0 Å². The molecule has 0 radical (unpaired) electrons. The maximum Gasteiger partial charge on any atom is 0.172 e. The third-order valence-corrected chi connectivity index (χ3v) is 2.05. The summed E-state index contributed by atoms with van der Waals surface area (Å²) in [6.07, 6.45) is 0. The molecule has 0 fully saturated rings. The molecule has 0 aliphatic rings. The fourth-order valence-electron chi connectivity index (χ4n) is 0.303. The van der Waals surface area contributed by atoms with Gasteiger partial charge in [-0.05, 0) is 15.9 Å². The number of aromatic hydroxyl groups is 1. The summed E-state index contributed by atoms with van der Waals surface area (Å²) in [6.45, 7) is 0. The van der Waals surface area contributed by atoms with E-state index in [1.54, 1.807) is 6.07 Å². The lowest BCUT2D eigenvalue weighted by molar-refractivity contribution is 0.491. The van der Waals surface area contributed by atoms with Gasteiger partial charge in [-0.2, -0.15) is 0 Å². The Labute approximate surface area is 53.7 Å². The van der Waals surface area contributed by atoms with Crippen LogP contribution in [0, 0.1) is 0 Å². The summed E-state index contributed by atoms with van der Waals surface area (Å²) in [5.41, 5.74) is 0. The molecular formula is C4H3BrOS. The lowest BCUT2D eigenvalue weighted by Crippen LogP contribution is -1.41. The van der Waals surface area contributed by atoms with E-state index in [0.29, 0.717) is 5.06 Å². The number of hydrogen-bond acceptors (Lipinski definition) is 2. The van der Waals surface area contributed by atoms with Gasteiger partial charge in [0.05, 0.1) is 0 Å². The van der Waals surface area contributed by atoms with Crippen molar-refractivity contribution in [2.75, 3.05) is 0 Å². The first-order chi connectivity index (χ1) is 3.29. The second-order valence-corrected chi connectivity index (χ2v) is 2.91. The van der Waals surface area contributed by atoms with Crippen molar-refractivity contribution in [3.63, 3.8) is 0 Å². The van der Waals surface area contributed by atoms with Crippen LogP contribution in [0.4, 0.5) is 0 Å². The highest BCUT2D eigenvalue weighted by Gasteiger charge is 1.88. The van der Waals surface area contributed by atoms with Crippen molar-refractivity contribution < 1.29 is 5.11 Å². The lowest BCUT2D eigenvalue weighted by Gasteiger charge is -1.69. The average Bonchev–Trinajstić information content (AvgIpc) is 1.87. The second kappa shape index (κ2) is 1.84. The average molecular weight is 179 g/mol. The van der Waals surface area contributed by atoms with Crippen molar-refractivity contribution >= 4 is 27.3 Å². The van der Waals surface area contributed by atoms with Gasteiger partial charge in [-0.3, -0.25) is 0 Å². The minimum absolute atomic E-state index is 0.354.